The van der Waals surface area contributed by atoms with E-state index >= 15 is 0 Å². The lowest BCUT2D eigenvalue weighted by atomic mass is 10.2. The summed E-state index contributed by atoms with van der Waals surface area (Å²) in [4.78, 5) is 12.0. The second-order valence-corrected chi connectivity index (χ2v) is 5.75. The van der Waals surface area contributed by atoms with E-state index in [-0.39, 0.29) is 12.5 Å². The Hall–Kier alpha value is -1.95. The second kappa shape index (κ2) is 8.78. The lowest BCUT2D eigenvalue weighted by Gasteiger charge is -2.11. The summed E-state index contributed by atoms with van der Waals surface area (Å²) in [6, 6.07) is 10.6. The molecule has 0 heterocycles. The molecule has 5 nitrogen and oxygen atoms in total. The highest BCUT2D eigenvalue weighted by molar-refractivity contribution is 6.39. The number of hydrogen-bond donors (Lipinski definition) is 2. The molecule has 0 saturated heterocycles. The predicted octanol–water partition coefficient (Wildman–Crippen LogP) is 3.74. The van der Waals surface area contributed by atoms with Gasteiger partial charge < -0.3 is 20.1 Å². The van der Waals surface area contributed by atoms with Crippen molar-refractivity contribution in [3.8, 4) is 11.5 Å². The molecule has 0 unspecified atom stereocenters. The van der Waals surface area contributed by atoms with Gasteiger partial charge in [0.2, 0.25) is 5.91 Å². The largest absolute Gasteiger partial charge is 0.493 e. The molecule has 2 aromatic rings. The number of rotatable bonds is 7. The van der Waals surface area contributed by atoms with Gasteiger partial charge in [0.15, 0.2) is 11.5 Å². The molecule has 0 aromatic heterocycles. The zero-order valence-electron chi connectivity index (χ0n) is 13.4. The number of carbonyl (C=O) groups is 1. The fourth-order valence-corrected chi connectivity index (χ4v) is 2.60. The summed E-state index contributed by atoms with van der Waals surface area (Å²) in [5.41, 5.74) is 1.38. The molecule has 2 aromatic carbocycles. The van der Waals surface area contributed by atoms with E-state index in [0.29, 0.717) is 33.8 Å². The van der Waals surface area contributed by atoms with Crippen molar-refractivity contribution in [2.75, 3.05) is 26.1 Å². The van der Waals surface area contributed by atoms with E-state index in [1.165, 1.54) is 0 Å². The monoisotopic (exact) mass is 368 g/mol. The number of benzene rings is 2. The number of carbonyl (C=O) groups excluding carboxylic acids is 1. The molecule has 0 spiro atoms. The van der Waals surface area contributed by atoms with Crippen LogP contribution in [0.5, 0.6) is 11.5 Å². The maximum Gasteiger partial charge on any atom is 0.238 e. The van der Waals surface area contributed by atoms with Gasteiger partial charge >= 0.3 is 0 Å². The summed E-state index contributed by atoms with van der Waals surface area (Å²) >= 11 is 12.0. The second-order valence-electron chi connectivity index (χ2n) is 4.94. The Balaban J connectivity index is 1.89. The number of anilines is 1. The van der Waals surface area contributed by atoms with Crippen molar-refractivity contribution in [1.82, 2.24) is 5.32 Å². The first kappa shape index (κ1) is 18.4. The van der Waals surface area contributed by atoms with Crippen LogP contribution in [0, 0.1) is 0 Å². The van der Waals surface area contributed by atoms with Gasteiger partial charge in [-0.2, -0.15) is 0 Å². The zero-order valence-corrected chi connectivity index (χ0v) is 14.9. The molecule has 0 aliphatic rings. The van der Waals surface area contributed by atoms with Crippen molar-refractivity contribution in [1.29, 1.82) is 0 Å². The van der Waals surface area contributed by atoms with Crippen molar-refractivity contribution in [2.24, 2.45) is 0 Å². The van der Waals surface area contributed by atoms with Crippen LogP contribution < -0.4 is 20.1 Å². The average molecular weight is 369 g/mol. The average Bonchev–Trinajstić information content (AvgIpc) is 2.58. The molecule has 0 radical (unpaired) electrons. The third kappa shape index (κ3) is 4.77. The Morgan fingerprint density at radius 1 is 1.04 bits per heavy atom. The third-order valence-corrected chi connectivity index (χ3v) is 3.92. The number of para-hydroxylation sites is 1. The fraction of sp³-hybridized carbons (Fsp3) is 0.235. The van der Waals surface area contributed by atoms with Crippen LogP contribution in [0.15, 0.2) is 36.4 Å². The zero-order chi connectivity index (χ0) is 17.5. The molecule has 0 aliphatic carbocycles. The molecule has 0 aliphatic heterocycles. The Kier molecular flexibility index (Phi) is 6.73. The van der Waals surface area contributed by atoms with E-state index in [9.17, 15) is 4.79 Å². The summed E-state index contributed by atoms with van der Waals surface area (Å²) < 4.78 is 10.4. The first-order valence-electron chi connectivity index (χ1n) is 7.20. The molecule has 0 fully saturated rings. The minimum Gasteiger partial charge on any atom is -0.493 e. The molecule has 7 heteroatoms. The lowest BCUT2D eigenvalue weighted by Crippen LogP contribution is -2.27. The number of nitrogens with one attached hydrogen (secondary N) is 2. The molecule has 128 valence electrons. The van der Waals surface area contributed by atoms with Gasteiger partial charge in [0.25, 0.3) is 0 Å². The third-order valence-electron chi connectivity index (χ3n) is 3.29. The molecule has 0 atom stereocenters. The van der Waals surface area contributed by atoms with Gasteiger partial charge in [-0.05, 0) is 29.8 Å². The summed E-state index contributed by atoms with van der Waals surface area (Å²) in [6.07, 6.45) is 0. The smallest absolute Gasteiger partial charge is 0.238 e. The maximum absolute atomic E-state index is 12.0. The number of ether oxygens (including phenoxy) is 2. The van der Waals surface area contributed by atoms with E-state index in [0.717, 1.165) is 5.56 Å². The van der Waals surface area contributed by atoms with Gasteiger partial charge in [-0.1, -0.05) is 35.3 Å². The van der Waals surface area contributed by atoms with Crippen molar-refractivity contribution in [3.05, 3.63) is 52.0 Å². The normalized spacial score (nSPS) is 10.3. The standard InChI is InChI=1S/C17H18Cl2N2O3/c1-23-14-7-6-11(8-15(14)24-2)9-20-10-16(22)21-17-12(18)4-3-5-13(17)19/h3-8,20H,9-10H2,1-2H3,(H,21,22). The van der Waals surface area contributed by atoms with Gasteiger partial charge in [-0.25, -0.2) is 0 Å². The topological polar surface area (TPSA) is 59.6 Å². The van der Waals surface area contributed by atoms with Gasteiger partial charge in [-0.15, -0.1) is 0 Å². The van der Waals surface area contributed by atoms with Gasteiger partial charge in [0.1, 0.15) is 0 Å². The Labute approximate surface area is 150 Å². The van der Waals surface area contributed by atoms with E-state index in [1.807, 2.05) is 18.2 Å². The minimum absolute atomic E-state index is 0.121. The number of halogens is 2. The summed E-state index contributed by atoms with van der Waals surface area (Å²) in [5.74, 6) is 1.07. The van der Waals surface area contributed by atoms with Crippen LogP contribution in [0.25, 0.3) is 0 Å². The van der Waals surface area contributed by atoms with E-state index in [4.69, 9.17) is 32.7 Å². The van der Waals surface area contributed by atoms with Gasteiger partial charge in [0.05, 0.1) is 36.5 Å². The SMILES string of the molecule is COc1ccc(CNCC(=O)Nc2c(Cl)cccc2Cl)cc1OC. The van der Waals surface area contributed by atoms with E-state index in [2.05, 4.69) is 10.6 Å². The Morgan fingerprint density at radius 3 is 2.33 bits per heavy atom. The summed E-state index contributed by atoms with van der Waals surface area (Å²) in [5, 5.41) is 6.55. The van der Waals surface area contributed by atoms with Crippen molar-refractivity contribution in [3.63, 3.8) is 0 Å². The van der Waals surface area contributed by atoms with Crippen LogP contribution in [0.2, 0.25) is 10.0 Å². The van der Waals surface area contributed by atoms with Crippen LogP contribution in [0.4, 0.5) is 5.69 Å². The van der Waals surface area contributed by atoms with Crippen LogP contribution in [0.1, 0.15) is 5.56 Å². The number of hydrogen-bond acceptors (Lipinski definition) is 4. The summed E-state index contributed by atoms with van der Waals surface area (Å²) in [6.45, 7) is 0.625. The van der Waals surface area contributed by atoms with Crippen LogP contribution in [-0.4, -0.2) is 26.7 Å². The van der Waals surface area contributed by atoms with Crippen molar-refractivity contribution < 1.29 is 14.3 Å². The molecule has 2 rings (SSSR count). The number of amides is 1. The quantitative estimate of drug-likeness (QED) is 0.781. The summed E-state index contributed by atoms with van der Waals surface area (Å²) in [7, 11) is 3.16. The van der Waals surface area contributed by atoms with E-state index in [1.54, 1.807) is 32.4 Å². The van der Waals surface area contributed by atoms with E-state index < -0.39 is 0 Å². The maximum atomic E-state index is 12.0. The highest BCUT2D eigenvalue weighted by Gasteiger charge is 2.09. The predicted molar refractivity (Wildman–Crippen MR) is 96.3 cm³/mol. The molecule has 24 heavy (non-hydrogen) atoms. The molecule has 0 bridgehead atoms. The van der Waals surface area contributed by atoms with Crippen LogP contribution in [0.3, 0.4) is 0 Å². The first-order valence-corrected chi connectivity index (χ1v) is 7.96. The fourth-order valence-electron chi connectivity index (χ4n) is 2.11. The van der Waals surface area contributed by atoms with Crippen molar-refractivity contribution >= 4 is 34.8 Å². The Morgan fingerprint density at radius 2 is 1.71 bits per heavy atom. The van der Waals surface area contributed by atoms with Crippen LogP contribution in [-0.2, 0) is 11.3 Å². The highest BCUT2D eigenvalue weighted by atomic mass is 35.5. The highest BCUT2D eigenvalue weighted by Crippen LogP contribution is 2.29. The molecule has 0 saturated carbocycles. The van der Waals surface area contributed by atoms with Gasteiger partial charge in [-0.3, -0.25) is 4.79 Å². The van der Waals surface area contributed by atoms with Crippen molar-refractivity contribution in [2.45, 2.75) is 6.54 Å². The molecule has 1 amide bonds. The van der Waals surface area contributed by atoms with Crippen LogP contribution >= 0.6 is 23.2 Å². The molecular formula is C17H18Cl2N2O3. The number of methoxy groups -OCH3 is 2. The molecule has 2 N–H and O–H groups in total. The minimum atomic E-state index is -0.231. The van der Waals surface area contributed by atoms with Gasteiger partial charge in [0, 0.05) is 6.54 Å². The lowest BCUT2D eigenvalue weighted by molar-refractivity contribution is -0.115. The molecular weight excluding hydrogens is 351 g/mol. The Bertz CT molecular complexity index is 703. The first-order chi connectivity index (χ1) is 11.5.